The van der Waals surface area contributed by atoms with Gasteiger partial charge >= 0.3 is 0 Å². The first-order valence-electron chi connectivity index (χ1n) is 3.41. The summed E-state index contributed by atoms with van der Waals surface area (Å²) >= 11 is 3.37. The van der Waals surface area contributed by atoms with Gasteiger partial charge in [-0.3, -0.25) is 4.99 Å². The van der Waals surface area contributed by atoms with Crippen LogP contribution in [0.2, 0.25) is 0 Å². The first-order chi connectivity index (χ1) is 5.27. The van der Waals surface area contributed by atoms with Crippen molar-refractivity contribution in [3.8, 4) is 0 Å². The molecule has 0 aliphatic carbocycles. The highest BCUT2D eigenvalue weighted by Crippen LogP contribution is 2.19. The van der Waals surface area contributed by atoms with E-state index >= 15 is 0 Å². The third kappa shape index (κ3) is 1.12. The standard InChI is InChI=1S/C7H8BrN3/c8-5-1-2-7-10-3-6(9)11(7)4-5/h1-2,4,6H,3,9H2. The Morgan fingerprint density at radius 1 is 1.64 bits per heavy atom. The SMILES string of the molecule is NC1CN=C2C=CC(Br)=CN21. The number of allylic oxidation sites excluding steroid dienone is 2. The van der Waals surface area contributed by atoms with Gasteiger partial charge in [-0.15, -0.1) is 0 Å². The molecule has 0 saturated carbocycles. The van der Waals surface area contributed by atoms with Crippen molar-refractivity contribution in [2.24, 2.45) is 10.7 Å². The average Bonchev–Trinajstić information content (AvgIpc) is 2.33. The van der Waals surface area contributed by atoms with Gasteiger partial charge < -0.3 is 10.6 Å². The van der Waals surface area contributed by atoms with Crippen LogP contribution >= 0.6 is 15.9 Å². The van der Waals surface area contributed by atoms with Gasteiger partial charge in [0.25, 0.3) is 0 Å². The average molecular weight is 214 g/mol. The van der Waals surface area contributed by atoms with Gasteiger partial charge in [0.05, 0.1) is 6.54 Å². The highest BCUT2D eigenvalue weighted by atomic mass is 79.9. The van der Waals surface area contributed by atoms with Crippen molar-refractivity contribution < 1.29 is 0 Å². The molecule has 58 valence electrons. The zero-order valence-electron chi connectivity index (χ0n) is 5.87. The Balaban J connectivity index is 2.32. The number of rotatable bonds is 0. The molecule has 0 saturated heterocycles. The third-order valence-corrected chi connectivity index (χ3v) is 2.19. The lowest BCUT2D eigenvalue weighted by Gasteiger charge is -2.21. The van der Waals surface area contributed by atoms with Crippen LogP contribution in [-0.2, 0) is 0 Å². The van der Waals surface area contributed by atoms with Crippen LogP contribution in [-0.4, -0.2) is 23.4 Å². The van der Waals surface area contributed by atoms with E-state index in [0.29, 0.717) is 6.54 Å². The lowest BCUT2D eigenvalue weighted by atomic mass is 10.3. The Hall–Kier alpha value is -0.610. The van der Waals surface area contributed by atoms with Crippen LogP contribution in [0, 0.1) is 0 Å². The highest BCUT2D eigenvalue weighted by Gasteiger charge is 2.22. The summed E-state index contributed by atoms with van der Waals surface area (Å²) in [6.07, 6.45) is 5.89. The Bertz CT molecular complexity index is 267. The molecule has 0 bridgehead atoms. The fourth-order valence-electron chi connectivity index (χ4n) is 1.16. The van der Waals surface area contributed by atoms with Gasteiger partial charge in [-0.25, -0.2) is 0 Å². The zero-order chi connectivity index (χ0) is 7.84. The van der Waals surface area contributed by atoms with E-state index < -0.39 is 0 Å². The molecule has 0 spiro atoms. The first-order valence-corrected chi connectivity index (χ1v) is 4.20. The highest BCUT2D eigenvalue weighted by molar-refractivity contribution is 9.11. The molecule has 0 aromatic rings. The molecule has 0 aromatic carbocycles. The van der Waals surface area contributed by atoms with Crippen molar-refractivity contribution in [2.75, 3.05) is 6.54 Å². The van der Waals surface area contributed by atoms with Gasteiger partial charge in [0, 0.05) is 10.7 Å². The maximum Gasteiger partial charge on any atom is 0.129 e. The normalized spacial score (nSPS) is 28.2. The molecule has 0 fully saturated rings. The third-order valence-electron chi connectivity index (χ3n) is 1.72. The van der Waals surface area contributed by atoms with Crippen LogP contribution in [0.4, 0.5) is 0 Å². The predicted molar refractivity (Wildman–Crippen MR) is 48.3 cm³/mol. The summed E-state index contributed by atoms with van der Waals surface area (Å²) in [7, 11) is 0. The van der Waals surface area contributed by atoms with E-state index in [1.165, 1.54) is 0 Å². The summed E-state index contributed by atoms with van der Waals surface area (Å²) in [6.45, 7) is 0.691. The minimum atomic E-state index is 0.0162. The molecule has 1 atom stereocenters. The number of aliphatic imine (C=N–C) groups is 1. The molecule has 2 rings (SSSR count). The molecule has 3 nitrogen and oxygen atoms in total. The second-order valence-corrected chi connectivity index (χ2v) is 3.44. The Morgan fingerprint density at radius 3 is 3.27 bits per heavy atom. The molecule has 2 aliphatic heterocycles. The van der Waals surface area contributed by atoms with Crippen LogP contribution in [0.15, 0.2) is 27.8 Å². The van der Waals surface area contributed by atoms with Gasteiger partial charge in [0.15, 0.2) is 0 Å². The van der Waals surface area contributed by atoms with Crippen LogP contribution in [0.25, 0.3) is 0 Å². The van der Waals surface area contributed by atoms with Crippen LogP contribution in [0.1, 0.15) is 0 Å². The Morgan fingerprint density at radius 2 is 2.45 bits per heavy atom. The van der Waals surface area contributed by atoms with Crippen molar-refractivity contribution in [1.29, 1.82) is 0 Å². The Labute approximate surface area is 73.4 Å². The second-order valence-electron chi connectivity index (χ2n) is 2.52. The number of hydrogen-bond acceptors (Lipinski definition) is 3. The number of amidine groups is 1. The summed E-state index contributed by atoms with van der Waals surface area (Å²) in [4.78, 5) is 6.20. The smallest absolute Gasteiger partial charge is 0.129 e. The molecule has 2 N–H and O–H groups in total. The Kier molecular flexibility index (Phi) is 1.58. The number of halogens is 1. The fourth-order valence-corrected chi connectivity index (χ4v) is 1.51. The van der Waals surface area contributed by atoms with Gasteiger partial charge in [-0.05, 0) is 28.1 Å². The maximum atomic E-state index is 5.76. The van der Waals surface area contributed by atoms with Crippen molar-refractivity contribution in [2.45, 2.75) is 6.17 Å². The summed E-state index contributed by atoms with van der Waals surface area (Å²) in [6, 6.07) is 0. The van der Waals surface area contributed by atoms with E-state index in [2.05, 4.69) is 20.9 Å². The van der Waals surface area contributed by atoms with Gasteiger partial charge in [-0.1, -0.05) is 0 Å². The van der Waals surface area contributed by atoms with Crippen molar-refractivity contribution >= 4 is 21.8 Å². The van der Waals surface area contributed by atoms with E-state index in [1.54, 1.807) is 0 Å². The number of nitrogens with two attached hydrogens (primary N) is 1. The lowest BCUT2D eigenvalue weighted by molar-refractivity contribution is 0.454. The molecule has 0 radical (unpaired) electrons. The minimum absolute atomic E-state index is 0.0162. The molecule has 0 amide bonds. The second kappa shape index (κ2) is 2.46. The summed E-state index contributed by atoms with van der Waals surface area (Å²) in [5.74, 6) is 0.959. The summed E-state index contributed by atoms with van der Waals surface area (Å²) in [5.41, 5.74) is 5.76. The number of fused-ring (bicyclic) bond motifs is 1. The van der Waals surface area contributed by atoms with Gasteiger partial charge in [-0.2, -0.15) is 0 Å². The largest absolute Gasteiger partial charge is 0.314 e. The van der Waals surface area contributed by atoms with Gasteiger partial charge in [0.2, 0.25) is 0 Å². The summed E-state index contributed by atoms with van der Waals surface area (Å²) < 4.78 is 1.04. The minimum Gasteiger partial charge on any atom is -0.314 e. The fraction of sp³-hybridized carbons (Fsp3) is 0.286. The predicted octanol–water partition coefficient (Wildman–Crippen LogP) is 0.791. The van der Waals surface area contributed by atoms with Crippen LogP contribution in [0.3, 0.4) is 0 Å². The molecular weight excluding hydrogens is 206 g/mol. The lowest BCUT2D eigenvalue weighted by Crippen LogP contribution is -2.39. The maximum absolute atomic E-state index is 5.76. The monoisotopic (exact) mass is 213 g/mol. The van der Waals surface area contributed by atoms with Crippen molar-refractivity contribution in [1.82, 2.24) is 4.90 Å². The van der Waals surface area contributed by atoms with Crippen LogP contribution in [0.5, 0.6) is 0 Å². The molecule has 4 heteroatoms. The van der Waals surface area contributed by atoms with E-state index in [1.807, 2.05) is 23.3 Å². The molecule has 11 heavy (non-hydrogen) atoms. The van der Waals surface area contributed by atoms with Crippen LogP contribution < -0.4 is 5.73 Å². The van der Waals surface area contributed by atoms with E-state index in [9.17, 15) is 0 Å². The molecular formula is C7H8BrN3. The van der Waals surface area contributed by atoms with Gasteiger partial charge in [0.1, 0.15) is 12.0 Å². The van der Waals surface area contributed by atoms with Crippen molar-refractivity contribution in [3.63, 3.8) is 0 Å². The number of hydrogen-bond donors (Lipinski definition) is 1. The molecule has 1 unspecified atom stereocenters. The first kappa shape index (κ1) is 7.06. The van der Waals surface area contributed by atoms with E-state index in [4.69, 9.17) is 5.73 Å². The van der Waals surface area contributed by atoms with Crippen molar-refractivity contribution in [3.05, 3.63) is 22.8 Å². The topological polar surface area (TPSA) is 41.6 Å². The molecule has 2 aliphatic rings. The molecule has 0 aromatic heterocycles. The quantitative estimate of drug-likeness (QED) is 0.647. The molecule has 2 heterocycles. The zero-order valence-corrected chi connectivity index (χ0v) is 7.45. The number of nitrogens with zero attached hydrogens (tertiary/aromatic N) is 2. The summed E-state index contributed by atoms with van der Waals surface area (Å²) in [5, 5.41) is 0. The van der Waals surface area contributed by atoms with E-state index in [0.717, 1.165) is 10.3 Å². The van der Waals surface area contributed by atoms with E-state index in [-0.39, 0.29) is 6.17 Å².